The molecular weight excluding hydrogens is 490 g/mol. The zero-order chi connectivity index (χ0) is 25.1. The van der Waals surface area contributed by atoms with Crippen molar-refractivity contribution >= 4 is 31.4 Å². The van der Waals surface area contributed by atoms with Crippen LogP contribution in [0.15, 0.2) is 64.4 Å². The Morgan fingerprint density at radius 2 is 1.29 bits per heavy atom. The molecular formula is C21H14F2N4O5S2. The minimum Gasteiger partial charge on any atom is -0.495 e. The van der Waals surface area contributed by atoms with Crippen LogP contribution in [-0.2, 0) is 20.0 Å². The predicted octanol–water partition coefficient (Wildman–Crippen LogP) is 3.32. The first kappa shape index (κ1) is 24.4. The normalized spacial score (nSPS) is 11.2. The second kappa shape index (κ2) is 9.35. The molecule has 0 aliphatic carbocycles. The summed E-state index contributed by atoms with van der Waals surface area (Å²) in [5, 5.41) is 17.9. The van der Waals surface area contributed by atoms with E-state index in [1.807, 2.05) is 9.44 Å². The van der Waals surface area contributed by atoms with Crippen molar-refractivity contribution in [3.05, 3.63) is 77.4 Å². The Kier molecular flexibility index (Phi) is 6.72. The van der Waals surface area contributed by atoms with Crippen molar-refractivity contribution in [3.8, 4) is 17.9 Å². The Bertz CT molecular complexity index is 1580. The molecule has 13 heteroatoms. The van der Waals surface area contributed by atoms with Gasteiger partial charge in [0.2, 0.25) is 0 Å². The average molecular weight is 504 g/mol. The third kappa shape index (κ3) is 4.76. The minimum atomic E-state index is -4.61. The molecule has 0 heterocycles. The first-order valence-electron chi connectivity index (χ1n) is 9.15. The second-order valence-electron chi connectivity index (χ2n) is 6.58. The van der Waals surface area contributed by atoms with Gasteiger partial charge in [0.25, 0.3) is 20.0 Å². The lowest BCUT2D eigenvalue weighted by Crippen LogP contribution is -2.18. The fourth-order valence-corrected chi connectivity index (χ4v) is 5.25. The van der Waals surface area contributed by atoms with E-state index in [2.05, 4.69) is 0 Å². The largest absolute Gasteiger partial charge is 0.495 e. The predicted molar refractivity (Wildman–Crippen MR) is 117 cm³/mol. The summed E-state index contributed by atoms with van der Waals surface area (Å²) in [6, 6.07) is 12.9. The average Bonchev–Trinajstić information content (AvgIpc) is 2.81. The van der Waals surface area contributed by atoms with Crippen molar-refractivity contribution in [1.82, 2.24) is 0 Å². The van der Waals surface area contributed by atoms with E-state index in [4.69, 9.17) is 15.3 Å². The van der Waals surface area contributed by atoms with Gasteiger partial charge in [-0.3, -0.25) is 9.44 Å². The first-order valence-corrected chi connectivity index (χ1v) is 12.1. The number of sulfonamides is 2. The Labute approximate surface area is 193 Å². The summed E-state index contributed by atoms with van der Waals surface area (Å²) in [4.78, 5) is -1.24. The maximum absolute atomic E-state index is 14.4. The number of nitrogens with zero attached hydrogens (tertiary/aromatic N) is 2. The van der Waals surface area contributed by atoms with E-state index in [0.717, 1.165) is 49.6 Å². The highest BCUT2D eigenvalue weighted by Gasteiger charge is 2.26. The molecule has 3 aromatic carbocycles. The minimum absolute atomic E-state index is 0.263. The monoisotopic (exact) mass is 504 g/mol. The van der Waals surface area contributed by atoms with Gasteiger partial charge in [0.15, 0.2) is 11.6 Å². The molecule has 3 aromatic rings. The third-order valence-electron chi connectivity index (χ3n) is 4.46. The van der Waals surface area contributed by atoms with Crippen LogP contribution in [0.5, 0.6) is 5.75 Å². The van der Waals surface area contributed by atoms with Gasteiger partial charge in [-0.15, -0.1) is 0 Å². The van der Waals surface area contributed by atoms with Gasteiger partial charge in [-0.05, 0) is 42.5 Å². The summed E-state index contributed by atoms with van der Waals surface area (Å²) < 4.78 is 89.1. The van der Waals surface area contributed by atoms with E-state index >= 15 is 0 Å². The van der Waals surface area contributed by atoms with Gasteiger partial charge in [0.1, 0.15) is 22.8 Å². The molecule has 0 amide bonds. The molecule has 0 aliphatic heterocycles. The van der Waals surface area contributed by atoms with E-state index in [1.165, 1.54) is 12.1 Å². The Morgan fingerprint density at radius 3 is 1.76 bits per heavy atom. The fourth-order valence-electron chi connectivity index (χ4n) is 2.83. The van der Waals surface area contributed by atoms with Crippen molar-refractivity contribution in [2.75, 3.05) is 16.6 Å². The van der Waals surface area contributed by atoms with Crippen LogP contribution in [0.25, 0.3) is 0 Å². The summed E-state index contributed by atoms with van der Waals surface area (Å²) in [7, 11) is -8.00. The topological polar surface area (TPSA) is 149 Å². The maximum atomic E-state index is 14.4. The molecule has 174 valence electrons. The molecule has 0 saturated carbocycles. The highest BCUT2D eigenvalue weighted by molar-refractivity contribution is 7.93. The lowest BCUT2D eigenvalue weighted by atomic mass is 10.2. The molecule has 0 radical (unpaired) electrons. The fraction of sp³-hybridized carbons (Fsp3) is 0.0476. The lowest BCUT2D eigenvalue weighted by molar-refractivity contribution is 0.402. The van der Waals surface area contributed by atoms with Crippen molar-refractivity contribution in [2.45, 2.75) is 9.79 Å². The van der Waals surface area contributed by atoms with Gasteiger partial charge in [-0.2, -0.15) is 10.5 Å². The van der Waals surface area contributed by atoms with Gasteiger partial charge in [-0.1, -0.05) is 12.1 Å². The molecule has 0 aliphatic rings. The smallest absolute Gasteiger partial charge is 0.265 e. The highest BCUT2D eigenvalue weighted by Crippen LogP contribution is 2.31. The van der Waals surface area contributed by atoms with Gasteiger partial charge in [0, 0.05) is 0 Å². The molecule has 9 nitrogen and oxygen atoms in total. The molecule has 3 rings (SSSR count). The molecule has 0 unspecified atom stereocenters. The van der Waals surface area contributed by atoms with E-state index < -0.39 is 64.0 Å². The number of ether oxygens (including phenoxy) is 1. The maximum Gasteiger partial charge on any atom is 0.265 e. The van der Waals surface area contributed by atoms with Crippen LogP contribution >= 0.6 is 0 Å². The van der Waals surface area contributed by atoms with Crippen LogP contribution in [0.2, 0.25) is 0 Å². The van der Waals surface area contributed by atoms with Crippen LogP contribution in [0.1, 0.15) is 11.1 Å². The number of nitriles is 2. The van der Waals surface area contributed by atoms with Gasteiger partial charge in [-0.25, -0.2) is 25.6 Å². The first-order chi connectivity index (χ1) is 16.0. The quantitative estimate of drug-likeness (QED) is 0.501. The standard InChI is InChI=1S/C21H14F2N4O5S2/c1-32-18-9-8-15(33(28,29)26-16-6-2-4-13(11-24)20(16)22)10-19(18)34(30,31)27-17-7-3-5-14(12-25)21(17)23/h2-10,26-27H,1H3. The van der Waals surface area contributed by atoms with Crippen molar-refractivity contribution in [2.24, 2.45) is 0 Å². The van der Waals surface area contributed by atoms with Crippen LogP contribution < -0.4 is 14.2 Å². The lowest BCUT2D eigenvalue weighted by Gasteiger charge is -2.15. The molecule has 0 spiro atoms. The van der Waals surface area contributed by atoms with Crippen LogP contribution in [0.3, 0.4) is 0 Å². The van der Waals surface area contributed by atoms with E-state index in [0.29, 0.717) is 0 Å². The van der Waals surface area contributed by atoms with Gasteiger partial charge >= 0.3 is 0 Å². The number of halogens is 2. The van der Waals surface area contributed by atoms with Crippen LogP contribution in [0, 0.1) is 34.3 Å². The molecule has 0 atom stereocenters. The number of benzene rings is 3. The molecule has 0 bridgehead atoms. The summed E-state index contributed by atoms with van der Waals surface area (Å²) >= 11 is 0. The highest BCUT2D eigenvalue weighted by atomic mass is 32.2. The summed E-state index contributed by atoms with van der Waals surface area (Å²) in [6.45, 7) is 0. The number of methoxy groups -OCH3 is 1. The van der Waals surface area contributed by atoms with Crippen molar-refractivity contribution in [1.29, 1.82) is 10.5 Å². The summed E-state index contributed by atoms with van der Waals surface area (Å²) in [5.41, 5.74) is -1.87. The molecule has 34 heavy (non-hydrogen) atoms. The molecule has 2 N–H and O–H groups in total. The zero-order valence-corrected chi connectivity index (χ0v) is 18.8. The molecule has 0 fully saturated rings. The van der Waals surface area contributed by atoms with Crippen LogP contribution in [-0.4, -0.2) is 23.9 Å². The Morgan fingerprint density at radius 1 is 0.794 bits per heavy atom. The van der Waals surface area contributed by atoms with E-state index in [9.17, 15) is 25.6 Å². The second-order valence-corrected chi connectivity index (χ2v) is 9.91. The van der Waals surface area contributed by atoms with Gasteiger partial charge in [0.05, 0.1) is 34.5 Å². The number of anilines is 2. The number of hydrogen-bond acceptors (Lipinski definition) is 7. The van der Waals surface area contributed by atoms with Crippen molar-refractivity contribution < 1.29 is 30.4 Å². The number of nitrogens with one attached hydrogen (secondary N) is 2. The van der Waals surface area contributed by atoms with E-state index in [-0.39, 0.29) is 5.75 Å². The third-order valence-corrected chi connectivity index (χ3v) is 7.21. The summed E-state index contributed by atoms with van der Waals surface area (Å²) in [5.74, 6) is -2.49. The SMILES string of the molecule is COc1ccc(S(=O)(=O)Nc2cccc(C#N)c2F)cc1S(=O)(=O)Nc1cccc(C#N)c1F. The zero-order valence-electron chi connectivity index (χ0n) is 17.2. The van der Waals surface area contributed by atoms with Gasteiger partial charge < -0.3 is 4.74 Å². The Hall–Kier alpha value is -4.20. The molecule has 0 saturated heterocycles. The number of rotatable bonds is 7. The number of hydrogen-bond donors (Lipinski definition) is 2. The van der Waals surface area contributed by atoms with Crippen molar-refractivity contribution in [3.63, 3.8) is 0 Å². The molecule has 0 aromatic heterocycles. The summed E-state index contributed by atoms with van der Waals surface area (Å²) in [6.07, 6.45) is 0. The Balaban J connectivity index is 2.05. The van der Waals surface area contributed by atoms with E-state index in [1.54, 1.807) is 12.1 Å². The van der Waals surface area contributed by atoms with Crippen LogP contribution in [0.4, 0.5) is 20.2 Å².